The lowest BCUT2D eigenvalue weighted by Gasteiger charge is -2.14. The first-order valence-electron chi connectivity index (χ1n) is 7.01. The molecule has 0 saturated carbocycles. The Bertz CT molecular complexity index is 520. The third kappa shape index (κ3) is 5.80. The Morgan fingerprint density at radius 1 is 1.24 bits per heavy atom. The molecule has 0 aliphatic heterocycles. The molecule has 21 heavy (non-hydrogen) atoms. The lowest BCUT2D eigenvalue weighted by atomic mass is 9.93. The van der Waals surface area contributed by atoms with Gasteiger partial charge in [-0.15, -0.1) is 0 Å². The Hall–Kier alpha value is -1.49. The number of halogens is 1. The second-order valence-electron chi connectivity index (χ2n) is 4.74. The number of esters is 1. The molecule has 0 bridgehead atoms. The van der Waals surface area contributed by atoms with Gasteiger partial charge in [-0.05, 0) is 18.9 Å². The van der Waals surface area contributed by atoms with E-state index >= 15 is 0 Å². The summed E-state index contributed by atoms with van der Waals surface area (Å²) in [6.45, 7) is 3.88. The van der Waals surface area contributed by atoms with Gasteiger partial charge < -0.3 is 10.1 Å². The summed E-state index contributed by atoms with van der Waals surface area (Å²) in [6, 6.07) is 3.19. The molecular weight excluding hydrogens is 288 g/mol. The minimum absolute atomic E-state index is 0.0575. The quantitative estimate of drug-likeness (QED) is 0.622. The van der Waals surface area contributed by atoms with Gasteiger partial charge in [0.05, 0.1) is 0 Å². The van der Waals surface area contributed by atoms with E-state index < -0.39 is 0 Å². The molecule has 2 radical (unpaired) electrons. The second-order valence-corrected chi connectivity index (χ2v) is 5.15. The van der Waals surface area contributed by atoms with E-state index in [9.17, 15) is 9.59 Å². The number of anilines is 1. The number of rotatable bonds is 7. The average Bonchev–Trinajstić information content (AvgIpc) is 2.41. The smallest absolute Gasteiger partial charge is 0.306 e. The fourth-order valence-electron chi connectivity index (χ4n) is 1.75. The van der Waals surface area contributed by atoms with Crippen molar-refractivity contribution in [1.82, 2.24) is 0 Å². The summed E-state index contributed by atoms with van der Waals surface area (Å²) in [4.78, 5) is 23.1. The summed E-state index contributed by atoms with van der Waals surface area (Å²) >= 11 is 5.97. The van der Waals surface area contributed by atoms with Crippen molar-refractivity contribution in [2.45, 2.75) is 46.1 Å². The Labute approximate surface area is 131 Å². The van der Waals surface area contributed by atoms with Crippen LogP contribution in [0.4, 0.5) is 5.69 Å². The molecule has 0 fully saturated rings. The summed E-state index contributed by atoms with van der Waals surface area (Å²) in [5.41, 5.74) is 1.54. The van der Waals surface area contributed by atoms with Gasteiger partial charge in [0, 0.05) is 29.1 Å². The molecule has 1 amide bonds. The molecular formula is C15H19BClNO3. The number of benzene rings is 1. The molecule has 0 aliphatic carbocycles. The van der Waals surface area contributed by atoms with Crippen LogP contribution in [0.25, 0.3) is 0 Å². The standard InChI is InChI=1S/C15H19BClNO3/c1-3-5-14(19)18-13-8-12(17)11(16)7-10(13)9-21-15(20)6-4-2/h7-8H,3-6,9H2,1-2H3,(H,18,19). The number of nitrogens with one attached hydrogen (secondary N) is 1. The Morgan fingerprint density at radius 3 is 2.52 bits per heavy atom. The molecule has 1 aromatic rings. The first-order chi connectivity index (χ1) is 9.97. The van der Waals surface area contributed by atoms with Gasteiger partial charge in [0.2, 0.25) is 5.91 Å². The normalized spacial score (nSPS) is 10.2. The third-order valence-electron chi connectivity index (χ3n) is 2.82. The first-order valence-corrected chi connectivity index (χ1v) is 7.39. The summed E-state index contributed by atoms with van der Waals surface area (Å²) < 4.78 is 5.16. The maximum Gasteiger partial charge on any atom is 0.306 e. The highest BCUT2D eigenvalue weighted by Gasteiger charge is 2.11. The van der Waals surface area contributed by atoms with Crippen LogP contribution in [0.5, 0.6) is 0 Å². The molecule has 0 aromatic heterocycles. The number of carbonyl (C=O) groups excluding carboxylic acids is 2. The fraction of sp³-hybridized carbons (Fsp3) is 0.467. The van der Waals surface area contributed by atoms with E-state index in [1.54, 1.807) is 12.1 Å². The zero-order chi connectivity index (χ0) is 15.8. The van der Waals surface area contributed by atoms with Crippen molar-refractivity contribution in [2.24, 2.45) is 0 Å². The van der Waals surface area contributed by atoms with Crippen LogP contribution >= 0.6 is 11.6 Å². The lowest BCUT2D eigenvalue weighted by molar-refractivity contribution is -0.144. The van der Waals surface area contributed by atoms with Gasteiger partial charge in [-0.2, -0.15) is 0 Å². The number of amides is 1. The van der Waals surface area contributed by atoms with E-state index in [0.29, 0.717) is 34.6 Å². The predicted octanol–water partition coefficient (Wildman–Crippen LogP) is 2.72. The number of carbonyl (C=O) groups is 2. The molecule has 6 heteroatoms. The molecule has 0 heterocycles. The van der Waals surface area contributed by atoms with Crippen molar-refractivity contribution in [3.63, 3.8) is 0 Å². The Kier molecular flexibility index (Phi) is 7.30. The first kappa shape index (κ1) is 17.6. The zero-order valence-corrected chi connectivity index (χ0v) is 13.1. The molecule has 0 saturated heterocycles. The van der Waals surface area contributed by atoms with Crippen molar-refractivity contribution >= 4 is 42.5 Å². The number of ether oxygens (including phenoxy) is 1. The number of hydrogen-bond donors (Lipinski definition) is 1. The van der Waals surface area contributed by atoms with Gasteiger partial charge in [-0.3, -0.25) is 9.59 Å². The summed E-state index contributed by atoms with van der Waals surface area (Å²) in [5, 5.41) is 3.12. The molecule has 0 atom stereocenters. The highest BCUT2D eigenvalue weighted by molar-refractivity contribution is 6.45. The highest BCUT2D eigenvalue weighted by Crippen LogP contribution is 2.21. The van der Waals surface area contributed by atoms with Crippen molar-refractivity contribution in [2.75, 3.05) is 5.32 Å². The lowest BCUT2D eigenvalue weighted by Crippen LogP contribution is -2.16. The minimum Gasteiger partial charge on any atom is -0.461 e. The van der Waals surface area contributed by atoms with Crippen LogP contribution in [0.15, 0.2) is 12.1 Å². The van der Waals surface area contributed by atoms with Crippen molar-refractivity contribution in [3.8, 4) is 0 Å². The fourth-order valence-corrected chi connectivity index (χ4v) is 1.91. The van der Waals surface area contributed by atoms with E-state index in [0.717, 1.165) is 12.8 Å². The topological polar surface area (TPSA) is 55.4 Å². The van der Waals surface area contributed by atoms with Gasteiger partial charge in [0.1, 0.15) is 14.5 Å². The van der Waals surface area contributed by atoms with Crippen molar-refractivity contribution in [1.29, 1.82) is 0 Å². The maximum absolute atomic E-state index is 11.7. The molecule has 1 aromatic carbocycles. The van der Waals surface area contributed by atoms with Crippen LogP contribution in [0.1, 0.15) is 45.1 Å². The van der Waals surface area contributed by atoms with E-state index in [2.05, 4.69) is 5.32 Å². The molecule has 0 spiro atoms. The Balaban J connectivity index is 2.86. The van der Waals surface area contributed by atoms with Gasteiger partial charge in [-0.1, -0.05) is 37.0 Å². The monoisotopic (exact) mass is 307 g/mol. The van der Waals surface area contributed by atoms with Gasteiger partial charge in [0.15, 0.2) is 0 Å². The average molecular weight is 308 g/mol. The Morgan fingerprint density at radius 2 is 1.90 bits per heavy atom. The van der Waals surface area contributed by atoms with Crippen molar-refractivity contribution in [3.05, 3.63) is 22.7 Å². The molecule has 1 rings (SSSR count). The SMILES string of the molecule is [B]c1cc(COC(=O)CCC)c(NC(=O)CCC)cc1Cl. The van der Waals surface area contributed by atoms with Gasteiger partial charge >= 0.3 is 5.97 Å². The van der Waals surface area contributed by atoms with Crippen molar-refractivity contribution < 1.29 is 14.3 Å². The summed E-state index contributed by atoms with van der Waals surface area (Å²) in [6.07, 6.45) is 2.24. The van der Waals surface area contributed by atoms with Crippen LogP contribution in [-0.4, -0.2) is 19.7 Å². The zero-order valence-electron chi connectivity index (χ0n) is 12.4. The van der Waals surface area contributed by atoms with E-state index in [1.165, 1.54) is 0 Å². The minimum atomic E-state index is -0.281. The second kappa shape index (κ2) is 8.72. The maximum atomic E-state index is 11.7. The summed E-state index contributed by atoms with van der Waals surface area (Å²) in [5.74, 6) is -0.392. The highest BCUT2D eigenvalue weighted by atomic mass is 35.5. The largest absolute Gasteiger partial charge is 0.461 e. The molecule has 0 unspecified atom stereocenters. The predicted molar refractivity (Wildman–Crippen MR) is 85.1 cm³/mol. The summed E-state index contributed by atoms with van der Waals surface area (Å²) in [7, 11) is 5.76. The molecule has 1 N–H and O–H groups in total. The molecule has 0 aliphatic rings. The van der Waals surface area contributed by atoms with Crippen LogP contribution in [0.3, 0.4) is 0 Å². The number of hydrogen-bond acceptors (Lipinski definition) is 3. The molecule has 4 nitrogen and oxygen atoms in total. The van der Waals surface area contributed by atoms with Crippen LogP contribution in [0, 0.1) is 0 Å². The molecule has 112 valence electrons. The third-order valence-corrected chi connectivity index (χ3v) is 3.14. The van der Waals surface area contributed by atoms with Gasteiger partial charge in [0.25, 0.3) is 0 Å². The van der Waals surface area contributed by atoms with Gasteiger partial charge in [-0.25, -0.2) is 0 Å². The van der Waals surface area contributed by atoms with E-state index in [1.807, 2.05) is 13.8 Å². The van der Waals surface area contributed by atoms with Crippen LogP contribution in [0.2, 0.25) is 5.02 Å². The van der Waals surface area contributed by atoms with Crippen LogP contribution in [-0.2, 0) is 20.9 Å². The van der Waals surface area contributed by atoms with Crippen LogP contribution < -0.4 is 10.8 Å². The van der Waals surface area contributed by atoms with E-state index in [4.69, 9.17) is 24.2 Å². The van der Waals surface area contributed by atoms with E-state index in [-0.39, 0.29) is 18.5 Å².